The van der Waals surface area contributed by atoms with Crippen LogP contribution in [0.1, 0.15) is 28.8 Å². The van der Waals surface area contributed by atoms with Crippen LogP contribution in [0, 0.1) is 17.3 Å². The lowest BCUT2D eigenvalue weighted by Crippen LogP contribution is -2.62. The summed E-state index contributed by atoms with van der Waals surface area (Å²) in [5.74, 6) is 6.26. The Labute approximate surface area is 181 Å². The predicted molar refractivity (Wildman–Crippen MR) is 115 cm³/mol. The minimum atomic E-state index is -0.146. The van der Waals surface area contributed by atoms with Crippen LogP contribution in [0.25, 0.3) is 0 Å². The Morgan fingerprint density at radius 3 is 2.20 bits per heavy atom. The van der Waals surface area contributed by atoms with Crippen LogP contribution in [0.15, 0.2) is 48.5 Å². The van der Waals surface area contributed by atoms with E-state index in [4.69, 9.17) is 16.3 Å². The first-order chi connectivity index (χ1) is 14.5. The smallest absolute Gasteiger partial charge is 0.298 e. The number of carbonyl (C=O) groups excluding carboxylic acids is 2. The van der Waals surface area contributed by atoms with E-state index in [1.807, 2.05) is 4.90 Å². The summed E-state index contributed by atoms with van der Waals surface area (Å²) in [7, 11) is 1.61. The van der Waals surface area contributed by atoms with E-state index in [0.717, 1.165) is 24.2 Å². The summed E-state index contributed by atoms with van der Waals surface area (Å²) in [5.41, 5.74) is 1.57. The third-order valence-corrected chi connectivity index (χ3v) is 6.20. The molecule has 1 spiro atoms. The lowest BCUT2D eigenvalue weighted by atomic mass is 9.72. The van der Waals surface area contributed by atoms with Crippen LogP contribution in [0.4, 0.5) is 0 Å². The maximum absolute atomic E-state index is 12.7. The number of rotatable bonds is 2. The molecule has 0 aromatic heterocycles. The molecule has 154 valence electrons. The van der Waals surface area contributed by atoms with Gasteiger partial charge in [0.15, 0.2) is 0 Å². The van der Waals surface area contributed by atoms with Crippen molar-refractivity contribution < 1.29 is 14.3 Å². The molecule has 2 heterocycles. The fourth-order valence-electron chi connectivity index (χ4n) is 4.06. The van der Waals surface area contributed by atoms with Gasteiger partial charge in [-0.1, -0.05) is 17.5 Å². The molecule has 6 heteroatoms. The zero-order chi connectivity index (χ0) is 21.1. The zero-order valence-corrected chi connectivity index (χ0v) is 17.6. The zero-order valence-electron chi connectivity index (χ0n) is 16.9. The average Bonchev–Trinajstić information content (AvgIpc) is 2.76. The molecule has 2 aromatic rings. The lowest BCUT2D eigenvalue weighted by molar-refractivity contribution is -0.139. The SMILES string of the molecule is COc1ccc(C(=O)N2CCC3(CC2)CN(C(=O)C#Cc2ccc(Cl)cc2)C3)cc1. The van der Waals surface area contributed by atoms with Crippen molar-refractivity contribution in [2.24, 2.45) is 5.41 Å². The molecule has 2 saturated heterocycles. The van der Waals surface area contributed by atoms with Crippen molar-refractivity contribution >= 4 is 23.4 Å². The van der Waals surface area contributed by atoms with Crippen molar-refractivity contribution in [1.82, 2.24) is 9.80 Å². The average molecular weight is 423 g/mol. The van der Waals surface area contributed by atoms with Gasteiger partial charge in [0.2, 0.25) is 0 Å². The van der Waals surface area contributed by atoms with Gasteiger partial charge in [-0.2, -0.15) is 0 Å². The van der Waals surface area contributed by atoms with Gasteiger partial charge in [0.25, 0.3) is 11.8 Å². The molecule has 2 amide bonds. The highest BCUT2D eigenvalue weighted by Crippen LogP contribution is 2.40. The number of hydrogen-bond donors (Lipinski definition) is 0. The molecule has 0 aliphatic carbocycles. The maximum Gasteiger partial charge on any atom is 0.298 e. The van der Waals surface area contributed by atoms with Crippen molar-refractivity contribution in [3.63, 3.8) is 0 Å². The van der Waals surface area contributed by atoms with Gasteiger partial charge in [0.05, 0.1) is 7.11 Å². The van der Waals surface area contributed by atoms with Gasteiger partial charge in [-0.05, 0) is 61.4 Å². The summed E-state index contributed by atoms with van der Waals surface area (Å²) in [4.78, 5) is 28.8. The highest BCUT2D eigenvalue weighted by molar-refractivity contribution is 6.30. The van der Waals surface area contributed by atoms with Gasteiger partial charge < -0.3 is 14.5 Å². The van der Waals surface area contributed by atoms with E-state index in [2.05, 4.69) is 11.8 Å². The van der Waals surface area contributed by atoms with Crippen molar-refractivity contribution in [3.05, 3.63) is 64.7 Å². The highest BCUT2D eigenvalue weighted by atomic mass is 35.5. The number of ether oxygens (including phenoxy) is 1. The third-order valence-electron chi connectivity index (χ3n) is 5.95. The molecule has 2 aromatic carbocycles. The molecule has 2 aliphatic heterocycles. The summed E-state index contributed by atoms with van der Waals surface area (Å²) in [6, 6.07) is 14.3. The fraction of sp³-hybridized carbons (Fsp3) is 0.333. The monoisotopic (exact) mass is 422 g/mol. The quantitative estimate of drug-likeness (QED) is 0.696. The second-order valence-corrected chi connectivity index (χ2v) is 8.38. The van der Waals surface area contributed by atoms with Crippen molar-refractivity contribution in [1.29, 1.82) is 0 Å². The first-order valence-corrected chi connectivity index (χ1v) is 10.4. The van der Waals surface area contributed by atoms with Gasteiger partial charge in [0.1, 0.15) is 5.75 Å². The number of likely N-dealkylation sites (tertiary alicyclic amines) is 2. The first kappa shape index (κ1) is 20.3. The Kier molecular flexibility index (Phi) is 5.69. The normalized spacial score (nSPS) is 17.0. The molecular weight excluding hydrogens is 400 g/mol. The van der Waals surface area contributed by atoms with Crippen LogP contribution >= 0.6 is 11.6 Å². The van der Waals surface area contributed by atoms with E-state index in [1.165, 1.54) is 0 Å². The third kappa shape index (κ3) is 4.29. The maximum atomic E-state index is 12.7. The van der Waals surface area contributed by atoms with E-state index in [0.29, 0.717) is 36.8 Å². The molecule has 0 saturated carbocycles. The molecule has 0 unspecified atom stereocenters. The summed E-state index contributed by atoms with van der Waals surface area (Å²) in [5, 5.41) is 0.647. The lowest BCUT2D eigenvalue weighted by Gasteiger charge is -2.53. The largest absolute Gasteiger partial charge is 0.497 e. The van der Waals surface area contributed by atoms with Crippen LogP contribution in [0.5, 0.6) is 5.75 Å². The topological polar surface area (TPSA) is 49.9 Å². The van der Waals surface area contributed by atoms with Crippen LogP contribution in [-0.2, 0) is 4.79 Å². The number of halogens is 1. The van der Waals surface area contributed by atoms with Crippen LogP contribution in [0.3, 0.4) is 0 Å². The van der Waals surface area contributed by atoms with E-state index < -0.39 is 0 Å². The Morgan fingerprint density at radius 1 is 0.967 bits per heavy atom. The molecule has 4 rings (SSSR count). The molecule has 2 aliphatic rings. The number of benzene rings is 2. The molecular formula is C24H23ClN2O3. The summed E-state index contributed by atoms with van der Waals surface area (Å²) >= 11 is 5.86. The number of nitrogens with zero attached hydrogens (tertiary/aromatic N) is 2. The molecule has 0 radical (unpaired) electrons. The van der Waals surface area contributed by atoms with Crippen LogP contribution in [0.2, 0.25) is 5.02 Å². The van der Waals surface area contributed by atoms with E-state index in [-0.39, 0.29) is 17.2 Å². The van der Waals surface area contributed by atoms with Crippen molar-refractivity contribution in [2.45, 2.75) is 12.8 Å². The molecule has 0 atom stereocenters. The molecule has 2 fully saturated rings. The molecule has 30 heavy (non-hydrogen) atoms. The first-order valence-electron chi connectivity index (χ1n) is 9.98. The highest BCUT2D eigenvalue weighted by Gasteiger charge is 2.46. The second-order valence-electron chi connectivity index (χ2n) is 7.94. The van der Waals surface area contributed by atoms with E-state index in [9.17, 15) is 9.59 Å². The van der Waals surface area contributed by atoms with Gasteiger partial charge >= 0.3 is 0 Å². The number of piperidine rings is 1. The minimum absolute atomic E-state index is 0.0496. The molecule has 0 bridgehead atoms. The standard InChI is InChI=1S/C24H23ClN2O3/c1-30-21-9-5-19(6-10-21)23(29)26-14-12-24(13-15-26)16-27(17-24)22(28)11-4-18-2-7-20(25)8-3-18/h2-3,5-10H,12-17H2,1H3. The number of methoxy groups -OCH3 is 1. The van der Waals surface area contributed by atoms with E-state index >= 15 is 0 Å². The Balaban J connectivity index is 1.28. The number of amides is 2. The Hall–Kier alpha value is -2.97. The number of carbonyl (C=O) groups is 2. The van der Waals surface area contributed by atoms with Gasteiger partial charge in [0, 0.05) is 53.7 Å². The van der Waals surface area contributed by atoms with E-state index in [1.54, 1.807) is 60.5 Å². The van der Waals surface area contributed by atoms with Gasteiger partial charge in [-0.25, -0.2) is 0 Å². The Morgan fingerprint density at radius 2 is 1.60 bits per heavy atom. The van der Waals surface area contributed by atoms with Crippen LogP contribution < -0.4 is 4.74 Å². The summed E-state index contributed by atoms with van der Waals surface area (Å²) in [6.45, 7) is 2.85. The summed E-state index contributed by atoms with van der Waals surface area (Å²) < 4.78 is 5.15. The number of hydrogen-bond acceptors (Lipinski definition) is 3. The van der Waals surface area contributed by atoms with Crippen LogP contribution in [-0.4, -0.2) is 54.9 Å². The molecule has 0 N–H and O–H groups in total. The van der Waals surface area contributed by atoms with Gasteiger partial charge in [-0.15, -0.1) is 0 Å². The fourth-order valence-corrected chi connectivity index (χ4v) is 4.19. The Bertz CT molecular complexity index is 989. The summed E-state index contributed by atoms with van der Waals surface area (Å²) in [6.07, 6.45) is 1.81. The second kappa shape index (κ2) is 8.41. The predicted octanol–water partition coefficient (Wildman–Crippen LogP) is 3.46. The minimum Gasteiger partial charge on any atom is -0.497 e. The van der Waals surface area contributed by atoms with Crippen molar-refractivity contribution in [2.75, 3.05) is 33.3 Å². The van der Waals surface area contributed by atoms with Gasteiger partial charge in [-0.3, -0.25) is 9.59 Å². The van der Waals surface area contributed by atoms with Crippen molar-refractivity contribution in [3.8, 4) is 17.6 Å². The molecule has 5 nitrogen and oxygen atoms in total.